The van der Waals surface area contributed by atoms with Gasteiger partial charge in [0.1, 0.15) is 5.82 Å². The quantitative estimate of drug-likeness (QED) is 0.918. The van der Waals surface area contributed by atoms with Crippen LogP contribution >= 0.6 is 0 Å². The minimum Gasteiger partial charge on any atom is -0.294 e. The Hall–Kier alpha value is -1.65. The summed E-state index contributed by atoms with van der Waals surface area (Å²) >= 11 is 0. The van der Waals surface area contributed by atoms with Crippen molar-refractivity contribution in [2.24, 2.45) is 0 Å². The third-order valence-corrected chi connectivity index (χ3v) is 4.79. The average Bonchev–Trinajstić information content (AvgIpc) is 2.96. The predicted octanol–water partition coefficient (Wildman–Crippen LogP) is 3.76. The van der Waals surface area contributed by atoms with E-state index in [1.165, 1.54) is 43.0 Å². The number of rotatable bonds is 2. The normalized spacial score (nSPS) is 18.3. The Labute approximate surface area is 131 Å². The van der Waals surface area contributed by atoms with Gasteiger partial charge in [0.25, 0.3) is 0 Å². The molecule has 0 amide bonds. The van der Waals surface area contributed by atoms with Crippen LogP contribution in [0.1, 0.15) is 88.4 Å². The smallest absolute Gasteiger partial charge is 0.294 e. The molecule has 1 N–H and O–H groups in total. The van der Waals surface area contributed by atoms with E-state index in [-0.39, 0.29) is 5.69 Å². The van der Waals surface area contributed by atoms with Crippen molar-refractivity contribution in [3.05, 3.63) is 28.1 Å². The summed E-state index contributed by atoms with van der Waals surface area (Å²) in [7, 11) is 0. The van der Waals surface area contributed by atoms with Gasteiger partial charge in [0, 0.05) is 11.5 Å². The SMILES string of the molecule is CC(C)c1cnn2c(=O)[nH]c(C3CCCCCCCC3)nc12. The largest absolute Gasteiger partial charge is 0.349 e. The van der Waals surface area contributed by atoms with E-state index in [9.17, 15) is 4.79 Å². The molecule has 1 saturated carbocycles. The monoisotopic (exact) mass is 302 g/mol. The zero-order chi connectivity index (χ0) is 15.5. The third-order valence-electron chi connectivity index (χ3n) is 4.79. The molecule has 1 aliphatic rings. The van der Waals surface area contributed by atoms with Gasteiger partial charge in [0.15, 0.2) is 5.65 Å². The highest BCUT2D eigenvalue weighted by Crippen LogP contribution is 2.28. The van der Waals surface area contributed by atoms with E-state index in [0.29, 0.717) is 11.8 Å². The van der Waals surface area contributed by atoms with Crippen LogP contribution in [0.5, 0.6) is 0 Å². The molecule has 0 saturated heterocycles. The highest BCUT2D eigenvalue weighted by atomic mass is 16.1. The molecular formula is C17H26N4O. The molecule has 0 bridgehead atoms. The van der Waals surface area contributed by atoms with Gasteiger partial charge in [0.05, 0.1) is 6.20 Å². The van der Waals surface area contributed by atoms with Crippen molar-refractivity contribution in [3.63, 3.8) is 0 Å². The van der Waals surface area contributed by atoms with Gasteiger partial charge >= 0.3 is 5.69 Å². The fourth-order valence-electron chi connectivity index (χ4n) is 3.43. The predicted molar refractivity (Wildman–Crippen MR) is 87.4 cm³/mol. The summed E-state index contributed by atoms with van der Waals surface area (Å²) < 4.78 is 1.40. The number of nitrogens with one attached hydrogen (secondary N) is 1. The number of aromatic nitrogens is 4. The molecular weight excluding hydrogens is 276 g/mol. The topological polar surface area (TPSA) is 63.1 Å². The lowest BCUT2D eigenvalue weighted by Crippen LogP contribution is -2.22. The lowest BCUT2D eigenvalue weighted by atomic mass is 9.96. The second-order valence-electron chi connectivity index (χ2n) is 6.81. The maximum atomic E-state index is 12.3. The van der Waals surface area contributed by atoms with Gasteiger partial charge in [-0.1, -0.05) is 52.4 Å². The molecule has 120 valence electrons. The Morgan fingerprint density at radius 2 is 1.77 bits per heavy atom. The van der Waals surface area contributed by atoms with Crippen LogP contribution in [0.3, 0.4) is 0 Å². The van der Waals surface area contributed by atoms with Crippen LogP contribution in [0, 0.1) is 0 Å². The van der Waals surface area contributed by atoms with Crippen molar-refractivity contribution in [1.82, 2.24) is 19.6 Å². The van der Waals surface area contributed by atoms with Gasteiger partial charge in [-0.25, -0.2) is 9.78 Å². The summed E-state index contributed by atoms with van der Waals surface area (Å²) in [5.74, 6) is 1.56. The molecule has 2 aromatic rings. The molecule has 1 fully saturated rings. The zero-order valence-electron chi connectivity index (χ0n) is 13.6. The minimum atomic E-state index is -0.160. The molecule has 0 aliphatic heterocycles. The fraction of sp³-hybridized carbons (Fsp3) is 0.706. The van der Waals surface area contributed by atoms with Crippen molar-refractivity contribution >= 4 is 5.65 Å². The van der Waals surface area contributed by atoms with E-state index < -0.39 is 0 Å². The van der Waals surface area contributed by atoms with Gasteiger partial charge in [0.2, 0.25) is 0 Å². The number of hydrogen-bond acceptors (Lipinski definition) is 3. The maximum Gasteiger partial charge on any atom is 0.349 e. The summed E-state index contributed by atoms with van der Waals surface area (Å²) in [6, 6.07) is 0. The van der Waals surface area contributed by atoms with Crippen molar-refractivity contribution in [3.8, 4) is 0 Å². The van der Waals surface area contributed by atoms with Crippen LogP contribution in [0.2, 0.25) is 0 Å². The van der Waals surface area contributed by atoms with Gasteiger partial charge in [-0.3, -0.25) is 4.98 Å². The highest BCUT2D eigenvalue weighted by Gasteiger charge is 2.19. The van der Waals surface area contributed by atoms with Gasteiger partial charge in [-0.2, -0.15) is 9.61 Å². The van der Waals surface area contributed by atoms with E-state index in [1.807, 2.05) is 0 Å². The summed E-state index contributed by atoms with van der Waals surface area (Å²) in [4.78, 5) is 20.1. The molecule has 0 unspecified atom stereocenters. The van der Waals surface area contributed by atoms with Crippen molar-refractivity contribution < 1.29 is 0 Å². The number of aromatic amines is 1. The molecule has 0 radical (unpaired) electrons. The van der Waals surface area contributed by atoms with Gasteiger partial charge in [-0.05, 0) is 18.8 Å². The van der Waals surface area contributed by atoms with E-state index in [1.54, 1.807) is 6.20 Å². The minimum absolute atomic E-state index is 0.160. The third kappa shape index (κ3) is 3.08. The van der Waals surface area contributed by atoms with Crippen LogP contribution in [0.15, 0.2) is 11.0 Å². The van der Waals surface area contributed by atoms with Crippen LogP contribution in [-0.2, 0) is 0 Å². The summed E-state index contributed by atoms with van der Waals surface area (Å²) in [5.41, 5.74) is 1.62. The van der Waals surface area contributed by atoms with Crippen LogP contribution in [0.4, 0.5) is 0 Å². The Morgan fingerprint density at radius 3 is 2.41 bits per heavy atom. The second-order valence-corrected chi connectivity index (χ2v) is 6.81. The number of hydrogen-bond donors (Lipinski definition) is 1. The number of nitrogens with zero attached hydrogens (tertiary/aromatic N) is 3. The molecule has 22 heavy (non-hydrogen) atoms. The molecule has 5 nitrogen and oxygen atoms in total. The Bertz CT molecular complexity index is 676. The Kier molecular flexibility index (Phi) is 4.60. The van der Waals surface area contributed by atoms with Crippen molar-refractivity contribution in [2.75, 3.05) is 0 Å². The molecule has 0 aromatic carbocycles. The average molecular weight is 302 g/mol. The summed E-state index contributed by atoms with van der Waals surface area (Å²) in [5, 5.41) is 4.18. The molecule has 2 aromatic heterocycles. The number of fused-ring (bicyclic) bond motifs is 1. The first-order chi connectivity index (χ1) is 10.7. The first kappa shape index (κ1) is 15.3. The van der Waals surface area contributed by atoms with E-state index in [0.717, 1.165) is 29.9 Å². The zero-order valence-corrected chi connectivity index (χ0v) is 13.6. The first-order valence-corrected chi connectivity index (χ1v) is 8.64. The molecule has 2 heterocycles. The molecule has 1 aliphatic carbocycles. The molecule has 5 heteroatoms. The fourth-order valence-corrected chi connectivity index (χ4v) is 3.43. The maximum absolute atomic E-state index is 12.3. The van der Waals surface area contributed by atoms with E-state index in [2.05, 4.69) is 23.9 Å². The van der Waals surface area contributed by atoms with E-state index in [4.69, 9.17) is 4.98 Å². The first-order valence-electron chi connectivity index (χ1n) is 8.64. The lowest BCUT2D eigenvalue weighted by Gasteiger charge is -2.15. The van der Waals surface area contributed by atoms with Gasteiger partial charge < -0.3 is 0 Å². The van der Waals surface area contributed by atoms with Crippen molar-refractivity contribution in [1.29, 1.82) is 0 Å². The Morgan fingerprint density at radius 1 is 1.14 bits per heavy atom. The molecule has 0 spiro atoms. The molecule has 0 atom stereocenters. The summed E-state index contributed by atoms with van der Waals surface area (Å²) in [6.45, 7) is 4.22. The standard InChI is InChI=1S/C17H26N4O/c1-12(2)14-11-18-21-16(14)19-15(20-17(21)22)13-9-7-5-3-4-6-8-10-13/h11-13H,3-10H2,1-2H3,(H,19,20,22). The molecule has 3 rings (SSSR count). The van der Waals surface area contributed by atoms with Crippen LogP contribution < -0.4 is 5.69 Å². The van der Waals surface area contributed by atoms with Crippen molar-refractivity contribution in [2.45, 2.75) is 77.0 Å². The van der Waals surface area contributed by atoms with E-state index >= 15 is 0 Å². The summed E-state index contributed by atoms with van der Waals surface area (Å²) in [6.07, 6.45) is 11.8. The Balaban J connectivity index is 1.98. The van der Waals surface area contributed by atoms with Crippen LogP contribution in [0.25, 0.3) is 5.65 Å². The highest BCUT2D eigenvalue weighted by molar-refractivity contribution is 5.47. The lowest BCUT2D eigenvalue weighted by molar-refractivity contribution is 0.511. The van der Waals surface area contributed by atoms with Crippen LogP contribution in [-0.4, -0.2) is 19.6 Å². The number of H-pyrrole nitrogens is 1. The second kappa shape index (κ2) is 6.63. The van der Waals surface area contributed by atoms with Gasteiger partial charge in [-0.15, -0.1) is 0 Å².